The van der Waals surface area contributed by atoms with Crippen LogP contribution in [0.25, 0.3) is 0 Å². The molecule has 132 valence electrons. The summed E-state index contributed by atoms with van der Waals surface area (Å²) in [5, 5.41) is 0. The molecule has 1 aliphatic rings. The third-order valence-electron chi connectivity index (χ3n) is 4.83. The lowest BCUT2D eigenvalue weighted by molar-refractivity contribution is 0.455. The van der Waals surface area contributed by atoms with Gasteiger partial charge in [0.2, 0.25) is 11.8 Å². The zero-order chi connectivity index (χ0) is 17.8. The molecule has 26 heavy (non-hydrogen) atoms. The average Bonchev–Trinajstić information content (AvgIpc) is 2.69. The van der Waals surface area contributed by atoms with Gasteiger partial charge in [0.15, 0.2) is 0 Å². The fourth-order valence-corrected chi connectivity index (χ4v) is 3.47. The number of piperidine rings is 1. The van der Waals surface area contributed by atoms with Gasteiger partial charge in [0, 0.05) is 24.8 Å². The molecule has 0 atom stereocenters. The van der Waals surface area contributed by atoms with Crippen molar-refractivity contribution >= 4 is 5.95 Å². The fraction of sp³-hybridized carbons (Fsp3) is 0.273. The molecule has 0 N–H and O–H groups in total. The van der Waals surface area contributed by atoms with Crippen LogP contribution in [0, 0.1) is 6.92 Å². The zero-order valence-electron chi connectivity index (χ0n) is 15.0. The minimum absolute atomic E-state index is 0.601. The quantitative estimate of drug-likeness (QED) is 0.670. The Balaban J connectivity index is 1.46. The Bertz CT molecular complexity index is 844. The smallest absolute Gasteiger partial charge is 0.228 e. The number of rotatable bonds is 4. The van der Waals surface area contributed by atoms with Crippen molar-refractivity contribution in [3.63, 3.8) is 0 Å². The summed E-state index contributed by atoms with van der Waals surface area (Å²) in [4.78, 5) is 11.5. The van der Waals surface area contributed by atoms with Gasteiger partial charge in [0.05, 0.1) is 0 Å². The highest BCUT2D eigenvalue weighted by molar-refractivity contribution is 5.37. The van der Waals surface area contributed by atoms with E-state index in [2.05, 4.69) is 45.2 Å². The summed E-state index contributed by atoms with van der Waals surface area (Å²) in [6, 6.07) is 22.4. The summed E-state index contributed by atoms with van der Waals surface area (Å²) >= 11 is 0. The number of hydrogen-bond donors (Lipinski definition) is 0. The molecule has 0 spiro atoms. The van der Waals surface area contributed by atoms with Crippen molar-refractivity contribution < 1.29 is 4.74 Å². The molecule has 3 aromatic rings. The van der Waals surface area contributed by atoms with Crippen molar-refractivity contribution in [1.29, 1.82) is 0 Å². The third kappa shape index (κ3) is 3.85. The normalized spacial score (nSPS) is 15.0. The summed E-state index contributed by atoms with van der Waals surface area (Å²) < 4.78 is 5.90. The predicted octanol–water partition coefficient (Wildman–Crippen LogP) is 4.96. The summed E-state index contributed by atoms with van der Waals surface area (Å²) in [5.41, 5.74) is 2.36. The Hall–Kier alpha value is -2.88. The van der Waals surface area contributed by atoms with E-state index in [-0.39, 0.29) is 0 Å². The number of para-hydroxylation sites is 1. The molecular weight excluding hydrogens is 322 g/mol. The van der Waals surface area contributed by atoms with Crippen LogP contribution in [-0.2, 0) is 0 Å². The molecule has 1 aromatic heterocycles. The number of hydrogen-bond acceptors (Lipinski definition) is 4. The first-order chi connectivity index (χ1) is 12.8. The molecule has 2 heterocycles. The molecule has 0 radical (unpaired) electrons. The van der Waals surface area contributed by atoms with Crippen LogP contribution in [-0.4, -0.2) is 23.1 Å². The minimum Gasteiger partial charge on any atom is -0.439 e. The average molecular weight is 345 g/mol. The first-order valence-electron chi connectivity index (χ1n) is 9.16. The molecule has 2 aromatic carbocycles. The van der Waals surface area contributed by atoms with E-state index in [4.69, 9.17) is 4.74 Å². The first kappa shape index (κ1) is 16.6. The maximum absolute atomic E-state index is 5.90. The van der Waals surface area contributed by atoms with E-state index in [1.54, 1.807) is 0 Å². The van der Waals surface area contributed by atoms with Gasteiger partial charge < -0.3 is 9.64 Å². The standard InChI is InChI=1S/C22H23N3O/c1-17-16-21(26-20-10-6-3-7-11-20)24-22(23-17)25-14-12-19(13-15-25)18-8-4-2-5-9-18/h2-11,16,19H,12-15H2,1H3. The maximum atomic E-state index is 5.90. The number of anilines is 1. The second-order valence-electron chi connectivity index (χ2n) is 6.73. The maximum Gasteiger partial charge on any atom is 0.228 e. The molecule has 0 unspecified atom stereocenters. The second kappa shape index (κ2) is 7.56. The van der Waals surface area contributed by atoms with Gasteiger partial charge >= 0.3 is 0 Å². The van der Waals surface area contributed by atoms with E-state index < -0.39 is 0 Å². The summed E-state index contributed by atoms with van der Waals surface area (Å²) in [6.07, 6.45) is 2.24. The van der Waals surface area contributed by atoms with E-state index >= 15 is 0 Å². The molecule has 4 heteroatoms. The Labute approximate surface area is 154 Å². The fourth-order valence-electron chi connectivity index (χ4n) is 3.47. The van der Waals surface area contributed by atoms with Crippen molar-refractivity contribution in [1.82, 2.24) is 9.97 Å². The Morgan fingerprint density at radius 1 is 0.885 bits per heavy atom. The zero-order valence-corrected chi connectivity index (χ0v) is 15.0. The minimum atomic E-state index is 0.601. The van der Waals surface area contributed by atoms with Crippen LogP contribution in [0.2, 0.25) is 0 Å². The topological polar surface area (TPSA) is 38.2 Å². The third-order valence-corrected chi connectivity index (χ3v) is 4.83. The Kier molecular flexibility index (Phi) is 4.82. The molecule has 0 aliphatic carbocycles. The molecule has 1 fully saturated rings. The highest BCUT2D eigenvalue weighted by Gasteiger charge is 2.22. The van der Waals surface area contributed by atoms with Crippen LogP contribution in [0.15, 0.2) is 66.7 Å². The Morgan fingerprint density at radius 2 is 1.54 bits per heavy atom. The second-order valence-corrected chi connectivity index (χ2v) is 6.73. The van der Waals surface area contributed by atoms with Crippen LogP contribution in [0.3, 0.4) is 0 Å². The van der Waals surface area contributed by atoms with Gasteiger partial charge in [-0.3, -0.25) is 0 Å². The highest BCUT2D eigenvalue weighted by atomic mass is 16.5. The number of aromatic nitrogens is 2. The molecular formula is C22H23N3O. The van der Waals surface area contributed by atoms with Crippen molar-refractivity contribution in [3.05, 3.63) is 78.0 Å². The van der Waals surface area contributed by atoms with Crippen LogP contribution in [0.1, 0.15) is 30.0 Å². The van der Waals surface area contributed by atoms with E-state index in [0.29, 0.717) is 11.8 Å². The monoisotopic (exact) mass is 345 g/mol. The predicted molar refractivity (Wildman–Crippen MR) is 104 cm³/mol. The van der Waals surface area contributed by atoms with Crippen LogP contribution < -0.4 is 9.64 Å². The lowest BCUT2D eigenvalue weighted by atomic mass is 9.90. The van der Waals surface area contributed by atoms with Gasteiger partial charge in [-0.1, -0.05) is 48.5 Å². The largest absolute Gasteiger partial charge is 0.439 e. The number of ether oxygens (including phenoxy) is 1. The highest BCUT2D eigenvalue weighted by Crippen LogP contribution is 2.30. The molecule has 0 saturated carbocycles. The summed E-state index contributed by atoms with van der Waals surface area (Å²) in [6.45, 7) is 3.92. The summed E-state index contributed by atoms with van der Waals surface area (Å²) in [5.74, 6) is 2.78. The lowest BCUT2D eigenvalue weighted by Gasteiger charge is -2.32. The van der Waals surface area contributed by atoms with Crippen LogP contribution >= 0.6 is 0 Å². The number of aryl methyl sites for hydroxylation is 1. The van der Waals surface area contributed by atoms with Gasteiger partial charge in [-0.05, 0) is 43.4 Å². The van der Waals surface area contributed by atoms with Crippen molar-refractivity contribution in [2.24, 2.45) is 0 Å². The van der Waals surface area contributed by atoms with Crippen LogP contribution in [0.5, 0.6) is 11.6 Å². The van der Waals surface area contributed by atoms with E-state index in [1.807, 2.05) is 43.3 Å². The van der Waals surface area contributed by atoms with Crippen LogP contribution in [0.4, 0.5) is 5.95 Å². The molecule has 0 amide bonds. The molecule has 4 nitrogen and oxygen atoms in total. The van der Waals surface area contributed by atoms with Gasteiger partial charge in [0.1, 0.15) is 5.75 Å². The lowest BCUT2D eigenvalue weighted by Crippen LogP contribution is -2.34. The molecule has 4 rings (SSSR count). The van der Waals surface area contributed by atoms with Crippen molar-refractivity contribution in [3.8, 4) is 11.6 Å². The van der Waals surface area contributed by atoms with Gasteiger partial charge in [0.25, 0.3) is 0 Å². The number of benzene rings is 2. The Morgan fingerprint density at radius 3 is 2.23 bits per heavy atom. The van der Waals surface area contributed by atoms with Gasteiger partial charge in [-0.15, -0.1) is 0 Å². The van der Waals surface area contributed by atoms with E-state index in [9.17, 15) is 0 Å². The van der Waals surface area contributed by atoms with Gasteiger partial charge in [-0.25, -0.2) is 4.98 Å². The SMILES string of the molecule is Cc1cc(Oc2ccccc2)nc(N2CCC(c3ccccc3)CC2)n1. The van der Waals surface area contributed by atoms with Crippen molar-refractivity contribution in [2.75, 3.05) is 18.0 Å². The van der Waals surface area contributed by atoms with E-state index in [1.165, 1.54) is 5.56 Å². The first-order valence-corrected chi connectivity index (χ1v) is 9.16. The van der Waals surface area contributed by atoms with Gasteiger partial charge in [-0.2, -0.15) is 4.98 Å². The molecule has 0 bridgehead atoms. The number of nitrogens with zero attached hydrogens (tertiary/aromatic N) is 3. The van der Waals surface area contributed by atoms with E-state index in [0.717, 1.165) is 43.3 Å². The summed E-state index contributed by atoms with van der Waals surface area (Å²) in [7, 11) is 0. The molecule has 1 aliphatic heterocycles. The van der Waals surface area contributed by atoms with Crippen molar-refractivity contribution in [2.45, 2.75) is 25.7 Å². The molecule has 1 saturated heterocycles.